The second kappa shape index (κ2) is 7.70. The second-order valence-electron chi connectivity index (χ2n) is 6.04. The summed E-state index contributed by atoms with van der Waals surface area (Å²) in [4.78, 5) is 12.1. The highest BCUT2D eigenvalue weighted by Crippen LogP contribution is 2.21. The van der Waals surface area contributed by atoms with E-state index < -0.39 is 0 Å². The predicted octanol–water partition coefficient (Wildman–Crippen LogP) is 2.42. The van der Waals surface area contributed by atoms with Crippen LogP contribution in [0.25, 0.3) is 0 Å². The van der Waals surface area contributed by atoms with Gasteiger partial charge in [0, 0.05) is 13.1 Å². The average molecular weight is 242 g/mol. The van der Waals surface area contributed by atoms with E-state index >= 15 is 0 Å². The molecule has 0 aliphatic heterocycles. The summed E-state index contributed by atoms with van der Waals surface area (Å²) in [5.74, 6) is 0.618. The van der Waals surface area contributed by atoms with Gasteiger partial charge in [0.15, 0.2) is 0 Å². The molecular formula is C14H30N2O. The van der Waals surface area contributed by atoms with E-state index in [-0.39, 0.29) is 17.2 Å². The highest BCUT2D eigenvalue weighted by molar-refractivity contribution is 5.79. The SMILES string of the molecule is CCCC(C)(C)CNC(=O)C(CNC)C(C)C. The third kappa shape index (κ3) is 6.67. The number of rotatable bonds is 8. The maximum atomic E-state index is 12.1. The summed E-state index contributed by atoms with van der Waals surface area (Å²) in [5, 5.41) is 6.19. The topological polar surface area (TPSA) is 41.1 Å². The van der Waals surface area contributed by atoms with Crippen LogP contribution in [0, 0.1) is 17.3 Å². The zero-order valence-corrected chi connectivity index (χ0v) is 12.4. The Balaban J connectivity index is 4.22. The van der Waals surface area contributed by atoms with Crippen molar-refractivity contribution in [3.63, 3.8) is 0 Å². The molecule has 3 nitrogen and oxygen atoms in total. The van der Waals surface area contributed by atoms with Gasteiger partial charge in [-0.1, -0.05) is 41.0 Å². The van der Waals surface area contributed by atoms with Crippen LogP contribution in [-0.2, 0) is 4.79 Å². The Kier molecular flexibility index (Phi) is 7.44. The standard InChI is InChI=1S/C14H30N2O/c1-7-8-14(4,5)10-16-13(17)12(9-15-6)11(2)3/h11-12,15H,7-10H2,1-6H3,(H,16,17). The first kappa shape index (κ1) is 16.4. The summed E-state index contributed by atoms with van der Waals surface area (Å²) in [7, 11) is 1.89. The van der Waals surface area contributed by atoms with Gasteiger partial charge in [-0.3, -0.25) is 4.79 Å². The molecule has 0 heterocycles. The van der Waals surface area contributed by atoms with Crippen molar-refractivity contribution >= 4 is 5.91 Å². The molecule has 0 fully saturated rings. The molecule has 0 aromatic rings. The van der Waals surface area contributed by atoms with E-state index in [2.05, 4.69) is 45.3 Å². The summed E-state index contributed by atoms with van der Waals surface area (Å²) in [6.45, 7) is 12.3. The zero-order valence-electron chi connectivity index (χ0n) is 12.4. The normalized spacial score (nSPS) is 13.8. The van der Waals surface area contributed by atoms with Gasteiger partial charge in [-0.25, -0.2) is 0 Å². The second-order valence-corrected chi connectivity index (χ2v) is 6.04. The summed E-state index contributed by atoms with van der Waals surface area (Å²) in [6, 6.07) is 0. The molecule has 0 aliphatic rings. The highest BCUT2D eigenvalue weighted by Gasteiger charge is 2.24. The third-order valence-electron chi connectivity index (χ3n) is 3.23. The molecule has 1 atom stereocenters. The van der Waals surface area contributed by atoms with Crippen LogP contribution in [-0.4, -0.2) is 26.0 Å². The Bertz CT molecular complexity index is 224. The van der Waals surface area contributed by atoms with E-state index in [1.807, 2.05) is 7.05 Å². The molecule has 0 saturated carbocycles. The van der Waals surface area contributed by atoms with Gasteiger partial charge in [0.1, 0.15) is 0 Å². The molecule has 1 unspecified atom stereocenters. The lowest BCUT2D eigenvalue weighted by molar-refractivity contribution is -0.126. The Morgan fingerprint density at radius 1 is 1.29 bits per heavy atom. The molecule has 0 bridgehead atoms. The summed E-state index contributed by atoms with van der Waals surface area (Å²) >= 11 is 0. The quantitative estimate of drug-likeness (QED) is 0.686. The molecule has 0 spiro atoms. The summed E-state index contributed by atoms with van der Waals surface area (Å²) < 4.78 is 0. The van der Waals surface area contributed by atoms with Gasteiger partial charge in [0.2, 0.25) is 5.91 Å². The first-order valence-corrected chi connectivity index (χ1v) is 6.76. The molecule has 0 aromatic heterocycles. The largest absolute Gasteiger partial charge is 0.355 e. The Morgan fingerprint density at radius 3 is 2.29 bits per heavy atom. The van der Waals surface area contributed by atoms with E-state index in [0.29, 0.717) is 5.92 Å². The van der Waals surface area contributed by atoms with E-state index in [1.54, 1.807) is 0 Å². The van der Waals surface area contributed by atoms with E-state index in [0.717, 1.165) is 25.9 Å². The molecular weight excluding hydrogens is 212 g/mol. The van der Waals surface area contributed by atoms with Crippen molar-refractivity contribution in [3.8, 4) is 0 Å². The molecule has 1 amide bonds. The lowest BCUT2D eigenvalue weighted by Crippen LogP contribution is -2.42. The van der Waals surface area contributed by atoms with Gasteiger partial charge in [-0.05, 0) is 24.8 Å². The van der Waals surface area contributed by atoms with Gasteiger partial charge in [-0.15, -0.1) is 0 Å². The minimum Gasteiger partial charge on any atom is -0.355 e. The smallest absolute Gasteiger partial charge is 0.224 e. The van der Waals surface area contributed by atoms with Crippen LogP contribution in [0.2, 0.25) is 0 Å². The van der Waals surface area contributed by atoms with Gasteiger partial charge < -0.3 is 10.6 Å². The number of carbonyl (C=O) groups is 1. The fourth-order valence-electron chi connectivity index (χ4n) is 2.07. The predicted molar refractivity (Wildman–Crippen MR) is 74.0 cm³/mol. The van der Waals surface area contributed by atoms with Crippen LogP contribution in [0.15, 0.2) is 0 Å². The van der Waals surface area contributed by atoms with Crippen molar-refractivity contribution in [1.82, 2.24) is 10.6 Å². The molecule has 2 N–H and O–H groups in total. The number of hydrogen-bond donors (Lipinski definition) is 2. The van der Waals surface area contributed by atoms with Gasteiger partial charge in [0.25, 0.3) is 0 Å². The number of carbonyl (C=O) groups excluding carboxylic acids is 1. The molecule has 3 heteroatoms. The van der Waals surface area contributed by atoms with Crippen molar-refractivity contribution in [2.75, 3.05) is 20.1 Å². The summed E-state index contributed by atoms with van der Waals surface area (Å²) in [5.41, 5.74) is 0.200. The maximum absolute atomic E-state index is 12.1. The van der Waals surface area contributed by atoms with Crippen LogP contribution in [0.3, 0.4) is 0 Å². The fourth-order valence-corrected chi connectivity index (χ4v) is 2.07. The van der Waals surface area contributed by atoms with Crippen LogP contribution in [0.5, 0.6) is 0 Å². The first-order valence-electron chi connectivity index (χ1n) is 6.76. The Hall–Kier alpha value is -0.570. The molecule has 0 radical (unpaired) electrons. The third-order valence-corrected chi connectivity index (χ3v) is 3.23. The Morgan fingerprint density at radius 2 is 1.88 bits per heavy atom. The summed E-state index contributed by atoms with van der Waals surface area (Å²) in [6.07, 6.45) is 2.30. The number of nitrogens with one attached hydrogen (secondary N) is 2. The lowest BCUT2D eigenvalue weighted by atomic mass is 9.87. The number of hydrogen-bond acceptors (Lipinski definition) is 2. The lowest BCUT2D eigenvalue weighted by Gasteiger charge is -2.27. The molecule has 102 valence electrons. The Labute approximate surface area is 107 Å². The maximum Gasteiger partial charge on any atom is 0.224 e. The minimum absolute atomic E-state index is 0.0671. The highest BCUT2D eigenvalue weighted by atomic mass is 16.1. The van der Waals surface area contributed by atoms with Crippen LogP contribution in [0.1, 0.15) is 47.5 Å². The zero-order chi connectivity index (χ0) is 13.5. The number of amides is 1. The van der Waals surface area contributed by atoms with Crippen molar-refractivity contribution < 1.29 is 4.79 Å². The fraction of sp³-hybridized carbons (Fsp3) is 0.929. The van der Waals surface area contributed by atoms with Crippen molar-refractivity contribution in [2.24, 2.45) is 17.3 Å². The van der Waals surface area contributed by atoms with E-state index in [9.17, 15) is 4.79 Å². The van der Waals surface area contributed by atoms with Crippen molar-refractivity contribution in [2.45, 2.75) is 47.5 Å². The van der Waals surface area contributed by atoms with Gasteiger partial charge in [-0.2, -0.15) is 0 Å². The molecule has 0 saturated heterocycles. The van der Waals surface area contributed by atoms with E-state index in [4.69, 9.17) is 0 Å². The van der Waals surface area contributed by atoms with Crippen LogP contribution >= 0.6 is 0 Å². The van der Waals surface area contributed by atoms with Gasteiger partial charge in [0.05, 0.1) is 5.92 Å². The molecule has 0 rings (SSSR count). The van der Waals surface area contributed by atoms with Crippen molar-refractivity contribution in [1.29, 1.82) is 0 Å². The monoisotopic (exact) mass is 242 g/mol. The van der Waals surface area contributed by atoms with Crippen LogP contribution < -0.4 is 10.6 Å². The molecule has 0 aliphatic carbocycles. The molecule has 0 aromatic carbocycles. The van der Waals surface area contributed by atoms with Crippen molar-refractivity contribution in [3.05, 3.63) is 0 Å². The average Bonchev–Trinajstić information content (AvgIpc) is 2.22. The van der Waals surface area contributed by atoms with Crippen LogP contribution in [0.4, 0.5) is 0 Å². The molecule has 17 heavy (non-hydrogen) atoms. The van der Waals surface area contributed by atoms with Gasteiger partial charge >= 0.3 is 0 Å². The van der Waals surface area contributed by atoms with E-state index in [1.165, 1.54) is 0 Å². The first-order chi connectivity index (χ1) is 7.84. The minimum atomic E-state index is 0.0671.